The van der Waals surface area contributed by atoms with Crippen molar-refractivity contribution < 1.29 is 9.59 Å². The molecule has 2 aromatic rings. The number of fused-ring (bicyclic) bond motifs is 1. The van der Waals surface area contributed by atoms with E-state index in [4.69, 9.17) is 10.7 Å². The van der Waals surface area contributed by atoms with Gasteiger partial charge in [0.25, 0.3) is 5.91 Å². The zero-order valence-corrected chi connectivity index (χ0v) is 16.4. The first kappa shape index (κ1) is 18.3. The molecule has 2 saturated carbocycles. The van der Waals surface area contributed by atoms with E-state index in [2.05, 4.69) is 21.8 Å². The van der Waals surface area contributed by atoms with Crippen LogP contribution in [-0.2, 0) is 16.0 Å². The highest BCUT2D eigenvalue weighted by Gasteiger charge is 2.26. The average Bonchev–Trinajstić information content (AvgIpc) is 3.33. The van der Waals surface area contributed by atoms with Crippen LogP contribution in [-0.4, -0.2) is 38.5 Å². The molecular weight excluding hydrogens is 368 g/mol. The molecule has 152 valence electrons. The van der Waals surface area contributed by atoms with Crippen LogP contribution in [0.4, 0.5) is 5.82 Å². The molecule has 0 radical (unpaired) electrons. The van der Waals surface area contributed by atoms with Crippen LogP contribution in [0, 0.1) is 5.92 Å². The van der Waals surface area contributed by atoms with Crippen molar-refractivity contribution in [3.63, 3.8) is 0 Å². The highest BCUT2D eigenvalue weighted by atomic mass is 16.2. The third-order valence-corrected chi connectivity index (χ3v) is 6.12. The van der Waals surface area contributed by atoms with E-state index < -0.39 is 0 Å². The van der Waals surface area contributed by atoms with Crippen LogP contribution in [0.15, 0.2) is 17.8 Å². The Hall–Kier alpha value is -2.74. The van der Waals surface area contributed by atoms with Crippen LogP contribution < -0.4 is 16.4 Å². The van der Waals surface area contributed by atoms with Gasteiger partial charge >= 0.3 is 0 Å². The Morgan fingerprint density at radius 1 is 1.21 bits per heavy atom. The fourth-order valence-corrected chi connectivity index (χ4v) is 4.26. The molecule has 2 aliphatic carbocycles. The molecule has 3 heterocycles. The molecule has 2 amide bonds. The zero-order valence-electron chi connectivity index (χ0n) is 16.4. The summed E-state index contributed by atoms with van der Waals surface area (Å²) in [4.78, 5) is 28.3. The number of anilines is 1. The number of rotatable bonds is 5. The van der Waals surface area contributed by atoms with E-state index in [1.165, 1.54) is 12.8 Å². The van der Waals surface area contributed by atoms with Gasteiger partial charge in [-0.05, 0) is 56.9 Å². The van der Waals surface area contributed by atoms with Crippen molar-refractivity contribution in [3.05, 3.63) is 29.1 Å². The summed E-state index contributed by atoms with van der Waals surface area (Å²) in [6.45, 7) is 0. The van der Waals surface area contributed by atoms with E-state index in [1.807, 2.05) is 4.52 Å². The normalized spacial score (nSPS) is 26.3. The first-order valence-electron chi connectivity index (χ1n) is 10.5. The molecule has 3 aliphatic rings. The first-order valence-corrected chi connectivity index (χ1v) is 10.5. The van der Waals surface area contributed by atoms with Gasteiger partial charge in [0.1, 0.15) is 5.82 Å². The van der Waals surface area contributed by atoms with Crippen LogP contribution in [0.25, 0.3) is 11.7 Å². The van der Waals surface area contributed by atoms with Crippen molar-refractivity contribution in [1.29, 1.82) is 0 Å². The number of amides is 2. The van der Waals surface area contributed by atoms with Crippen molar-refractivity contribution in [2.45, 2.75) is 63.5 Å². The Kier molecular flexibility index (Phi) is 4.58. The zero-order chi connectivity index (χ0) is 20.0. The second kappa shape index (κ2) is 7.26. The molecule has 0 atom stereocenters. The number of nitrogens with zero attached hydrogens (tertiary/aromatic N) is 3. The number of hydrogen-bond acceptors (Lipinski definition) is 6. The van der Waals surface area contributed by atoms with E-state index >= 15 is 0 Å². The minimum absolute atomic E-state index is 0.103. The standard InChI is InChI=1S/C21H26N6O2/c22-15-3-5-16(6-4-15)24-18-10-17(7-12-1-2-12)27-20(25-18)14(11-23-27)8-13-9-19(28)26-21(13)29/h8,10-12,15-16H,1-7,9,22H2,(H,24,25)(H,26,28,29)/b13-8+. The molecule has 1 aliphatic heterocycles. The molecule has 3 fully saturated rings. The van der Waals surface area contributed by atoms with E-state index in [0.717, 1.165) is 54.8 Å². The van der Waals surface area contributed by atoms with Crippen LogP contribution in [0.1, 0.15) is 56.2 Å². The van der Waals surface area contributed by atoms with E-state index in [-0.39, 0.29) is 18.2 Å². The molecule has 8 nitrogen and oxygen atoms in total. The van der Waals surface area contributed by atoms with Gasteiger partial charge in [-0.1, -0.05) is 0 Å². The van der Waals surface area contributed by atoms with E-state index in [1.54, 1.807) is 12.3 Å². The fourth-order valence-electron chi connectivity index (χ4n) is 4.26. The summed E-state index contributed by atoms with van der Waals surface area (Å²) < 4.78 is 1.88. The van der Waals surface area contributed by atoms with Crippen molar-refractivity contribution >= 4 is 29.4 Å². The van der Waals surface area contributed by atoms with Gasteiger partial charge in [-0.3, -0.25) is 14.9 Å². The highest BCUT2D eigenvalue weighted by molar-refractivity contribution is 6.15. The molecule has 0 aromatic carbocycles. The summed E-state index contributed by atoms with van der Waals surface area (Å²) in [7, 11) is 0. The van der Waals surface area contributed by atoms with Gasteiger partial charge < -0.3 is 11.1 Å². The van der Waals surface area contributed by atoms with Crippen molar-refractivity contribution in [3.8, 4) is 0 Å². The van der Waals surface area contributed by atoms with E-state index in [0.29, 0.717) is 23.6 Å². The number of imide groups is 1. The van der Waals surface area contributed by atoms with Gasteiger partial charge in [0.2, 0.25) is 5.91 Å². The van der Waals surface area contributed by atoms with Crippen molar-refractivity contribution in [1.82, 2.24) is 19.9 Å². The lowest BCUT2D eigenvalue weighted by molar-refractivity contribution is -0.124. The molecule has 1 saturated heterocycles. The summed E-state index contributed by atoms with van der Waals surface area (Å²) in [5.41, 5.74) is 9.10. The average molecular weight is 394 g/mol. The number of carbonyl (C=O) groups is 2. The van der Waals surface area contributed by atoms with Crippen molar-refractivity contribution in [2.75, 3.05) is 5.32 Å². The number of nitrogens with two attached hydrogens (primary N) is 1. The van der Waals surface area contributed by atoms with Gasteiger partial charge in [-0.15, -0.1) is 0 Å². The summed E-state index contributed by atoms with van der Waals surface area (Å²) in [6.07, 6.45) is 11.2. The lowest BCUT2D eigenvalue weighted by atomic mass is 9.92. The smallest absolute Gasteiger partial charge is 0.254 e. The Labute approximate surface area is 168 Å². The predicted molar refractivity (Wildman–Crippen MR) is 109 cm³/mol. The third-order valence-electron chi connectivity index (χ3n) is 6.12. The van der Waals surface area contributed by atoms with Crippen LogP contribution >= 0.6 is 0 Å². The van der Waals surface area contributed by atoms with Gasteiger partial charge in [-0.2, -0.15) is 5.10 Å². The highest BCUT2D eigenvalue weighted by Crippen LogP contribution is 2.33. The number of hydrogen-bond donors (Lipinski definition) is 3. The van der Waals surface area contributed by atoms with Gasteiger partial charge in [-0.25, -0.2) is 9.50 Å². The molecule has 5 rings (SSSR count). The molecule has 0 unspecified atom stereocenters. The van der Waals surface area contributed by atoms with E-state index in [9.17, 15) is 9.59 Å². The summed E-state index contributed by atoms with van der Waals surface area (Å²) in [6, 6.07) is 2.79. The SMILES string of the molecule is NC1CCC(Nc2cc(CC3CC3)n3ncc(/C=C4\CC(=O)NC4=O)c3n2)CC1. The van der Waals surface area contributed by atoms with Crippen LogP contribution in [0.3, 0.4) is 0 Å². The van der Waals surface area contributed by atoms with Crippen LogP contribution in [0.5, 0.6) is 0 Å². The molecule has 2 aromatic heterocycles. The molecular formula is C21H26N6O2. The maximum absolute atomic E-state index is 12.0. The molecule has 29 heavy (non-hydrogen) atoms. The molecule has 4 N–H and O–H groups in total. The van der Waals surface area contributed by atoms with Gasteiger partial charge in [0.05, 0.1) is 12.6 Å². The Morgan fingerprint density at radius 3 is 2.69 bits per heavy atom. The topological polar surface area (TPSA) is 114 Å². The lowest BCUT2D eigenvalue weighted by Gasteiger charge is -2.27. The van der Waals surface area contributed by atoms with Crippen molar-refractivity contribution in [2.24, 2.45) is 11.7 Å². The van der Waals surface area contributed by atoms with Gasteiger partial charge in [0, 0.05) is 35.0 Å². The second-order valence-corrected chi connectivity index (χ2v) is 8.60. The Balaban J connectivity index is 1.49. The lowest BCUT2D eigenvalue weighted by Crippen LogP contribution is -2.33. The number of carbonyl (C=O) groups excluding carboxylic acids is 2. The second-order valence-electron chi connectivity index (χ2n) is 8.60. The Bertz CT molecular complexity index is 998. The molecule has 8 heteroatoms. The minimum atomic E-state index is -0.333. The quantitative estimate of drug-likeness (QED) is 0.526. The van der Waals surface area contributed by atoms with Gasteiger partial charge in [0.15, 0.2) is 5.65 Å². The first-order chi connectivity index (χ1) is 14.0. The third kappa shape index (κ3) is 3.89. The minimum Gasteiger partial charge on any atom is -0.367 e. The molecule has 0 bridgehead atoms. The van der Waals surface area contributed by atoms with Crippen LogP contribution in [0.2, 0.25) is 0 Å². The summed E-state index contributed by atoms with van der Waals surface area (Å²) in [5.74, 6) is 0.962. The Morgan fingerprint density at radius 2 is 2.00 bits per heavy atom. The number of nitrogens with one attached hydrogen (secondary N) is 2. The summed E-state index contributed by atoms with van der Waals surface area (Å²) >= 11 is 0. The monoisotopic (exact) mass is 394 g/mol. The maximum atomic E-state index is 12.0. The maximum Gasteiger partial charge on any atom is 0.254 e. The number of aromatic nitrogens is 3. The predicted octanol–water partition coefficient (Wildman–Crippen LogP) is 1.79. The fraction of sp³-hybridized carbons (Fsp3) is 0.524. The largest absolute Gasteiger partial charge is 0.367 e. The molecule has 0 spiro atoms. The summed E-state index contributed by atoms with van der Waals surface area (Å²) in [5, 5.41) is 10.5.